The van der Waals surface area contributed by atoms with E-state index >= 15 is 0 Å². The van der Waals surface area contributed by atoms with Gasteiger partial charge in [0, 0.05) is 39.6 Å². The molecular weight excluding hydrogens is 333 g/mol. The topological polar surface area (TPSA) is 60.9 Å². The first-order valence-corrected chi connectivity index (χ1v) is 8.65. The summed E-state index contributed by atoms with van der Waals surface area (Å²) in [6, 6.07) is 1.80. The molecule has 1 N–H and O–H groups in total. The molecule has 1 saturated heterocycles. The molecule has 0 aliphatic carbocycles. The minimum absolute atomic E-state index is 0.101. The van der Waals surface area contributed by atoms with Crippen molar-refractivity contribution in [3.05, 3.63) is 35.1 Å². The lowest BCUT2D eigenvalue weighted by Crippen LogP contribution is -2.33. The van der Waals surface area contributed by atoms with Crippen LogP contribution in [-0.4, -0.2) is 61.8 Å². The van der Waals surface area contributed by atoms with Crippen molar-refractivity contribution < 1.29 is 26.7 Å². The zero-order valence-corrected chi connectivity index (χ0v) is 13.7. The quantitative estimate of drug-likeness (QED) is 0.796. The van der Waals surface area contributed by atoms with Crippen molar-refractivity contribution in [1.29, 1.82) is 0 Å². The van der Waals surface area contributed by atoms with Crippen molar-refractivity contribution in [2.75, 3.05) is 32.9 Å². The van der Waals surface area contributed by atoms with Gasteiger partial charge in [0.15, 0.2) is 17.5 Å². The van der Waals surface area contributed by atoms with Crippen LogP contribution in [0, 0.1) is 23.4 Å². The molecule has 0 saturated carbocycles. The van der Waals surface area contributed by atoms with Crippen molar-refractivity contribution >= 4 is 10.0 Å². The molecule has 0 unspecified atom stereocenters. The van der Waals surface area contributed by atoms with Crippen molar-refractivity contribution in [3.63, 3.8) is 0 Å². The molecule has 0 aromatic heterocycles. The maximum atomic E-state index is 13.2. The molecule has 9 heteroatoms. The van der Waals surface area contributed by atoms with Crippen LogP contribution in [0.5, 0.6) is 0 Å². The van der Waals surface area contributed by atoms with Gasteiger partial charge in [0.05, 0.1) is 11.9 Å². The highest BCUT2D eigenvalue weighted by molar-refractivity contribution is 7.89. The molecule has 0 spiro atoms. The van der Waals surface area contributed by atoms with Crippen LogP contribution in [0.15, 0.2) is 12.1 Å². The van der Waals surface area contributed by atoms with Gasteiger partial charge in [-0.3, -0.25) is 4.90 Å². The molecule has 0 bridgehead atoms. The van der Waals surface area contributed by atoms with E-state index in [1.165, 1.54) is 14.1 Å². The Balaban J connectivity index is 2.04. The predicted molar refractivity (Wildman–Crippen MR) is 78.6 cm³/mol. The highest BCUT2D eigenvalue weighted by atomic mass is 32.2. The van der Waals surface area contributed by atoms with E-state index in [0.29, 0.717) is 0 Å². The van der Waals surface area contributed by atoms with Gasteiger partial charge in [-0.1, -0.05) is 0 Å². The van der Waals surface area contributed by atoms with Crippen LogP contribution in [0.2, 0.25) is 0 Å². The van der Waals surface area contributed by atoms with Gasteiger partial charge >= 0.3 is 0 Å². The molecule has 23 heavy (non-hydrogen) atoms. The Labute approximate surface area is 133 Å². The van der Waals surface area contributed by atoms with Gasteiger partial charge in [-0.15, -0.1) is 0 Å². The molecule has 2 rings (SSSR count). The minimum atomic E-state index is -3.45. The fourth-order valence-corrected chi connectivity index (χ4v) is 3.78. The summed E-state index contributed by atoms with van der Waals surface area (Å²) >= 11 is 0. The number of benzene rings is 1. The van der Waals surface area contributed by atoms with Gasteiger partial charge < -0.3 is 5.11 Å². The van der Waals surface area contributed by atoms with Gasteiger partial charge in [0.25, 0.3) is 0 Å². The summed E-state index contributed by atoms with van der Waals surface area (Å²) in [6.45, 7) is 0.562. The van der Waals surface area contributed by atoms with E-state index < -0.39 is 39.5 Å². The lowest BCUT2D eigenvalue weighted by Gasteiger charge is -2.18. The van der Waals surface area contributed by atoms with E-state index in [-0.39, 0.29) is 31.0 Å². The maximum absolute atomic E-state index is 13.2. The standard InChI is InChI=1S/C14H19F3N2O3S/c1-18(2)23(21,22)8-10-6-19(7-13(10)20)5-9-3-11(15)14(17)12(16)4-9/h3-4,10,13,20H,5-8H2,1-2H3/t10-,13+/m0/s1. The lowest BCUT2D eigenvalue weighted by molar-refractivity contribution is 0.148. The Kier molecular flexibility index (Phi) is 5.34. The fraction of sp³-hybridized carbons (Fsp3) is 0.571. The third-order valence-corrected chi connectivity index (χ3v) is 5.88. The zero-order chi connectivity index (χ0) is 17.4. The van der Waals surface area contributed by atoms with Gasteiger partial charge in [0.1, 0.15) is 0 Å². The number of hydrogen-bond acceptors (Lipinski definition) is 4. The molecule has 130 valence electrons. The average molecular weight is 352 g/mol. The van der Waals surface area contributed by atoms with Crippen LogP contribution in [0.3, 0.4) is 0 Å². The second kappa shape index (κ2) is 6.76. The Hall–Kier alpha value is -1.16. The van der Waals surface area contributed by atoms with E-state index in [4.69, 9.17) is 0 Å². The third-order valence-electron chi connectivity index (χ3n) is 3.91. The number of aliphatic hydroxyl groups is 1. The molecule has 1 aromatic carbocycles. The first-order chi connectivity index (χ1) is 10.6. The van der Waals surface area contributed by atoms with Crippen molar-refractivity contribution in [3.8, 4) is 0 Å². The first kappa shape index (κ1) is 18.2. The Morgan fingerprint density at radius 2 is 1.78 bits per heavy atom. The van der Waals surface area contributed by atoms with Gasteiger partial charge in [-0.25, -0.2) is 25.9 Å². The summed E-state index contributed by atoms with van der Waals surface area (Å²) in [4.78, 5) is 1.69. The summed E-state index contributed by atoms with van der Waals surface area (Å²) < 4.78 is 64.2. The fourth-order valence-electron chi connectivity index (χ4n) is 2.61. The number of β-amino-alcohol motifs (C(OH)–C–C–N with tert-alkyl or cyclic N) is 1. The summed E-state index contributed by atoms with van der Waals surface area (Å²) in [5.74, 6) is -4.76. The smallest absolute Gasteiger partial charge is 0.214 e. The largest absolute Gasteiger partial charge is 0.391 e. The van der Waals surface area contributed by atoms with Crippen molar-refractivity contribution in [1.82, 2.24) is 9.21 Å². The SMILES string of the molecule is CN(C)S(=O)(=O)C[C@@H]1CN(Cc2cc(F)c(F)c(F)c2)C[C@H]1O. The number of likely N-dealkylation sites (tertiary alicyclic amines) is 1. The molecule has 1 heterocycles. The van der Waals surface area contributed by atoms with Crippen LogP contribution in [0.4, 0.5) is 13.2 Å². The summed E-state index contributed by atoms with van der Waals surface area (Å²) in [5.41, 5.74) is 0.227. The molecule has 0 radical (unpaired) electrons. The number of aliphatic hydroxyl groups excluding tert-OH is 1. The average Bonchev–Trinajstić information content (AvgIpc) is 2.75. The number of rotatable bonds is 5. The van der Waals surface area contributed by atoms with Crippen molar-refractivity contribution in [2.24, 2.45) is 5.92 Å². The van der Waals surface area contributed by atoms with E-state index in [0.717, 1.165) is 16.4 Å². The second-order valence-electron chi connectivity index (χ2n) is 5.96. The van der Waals surface area contributed by atoms with Crippen LogP contribution >= 0.6 is 0 Å². The number of sulfonamides is 1. The van der Waals surface area contributed by atoms with Crippen LogP contribution in [-0.2, 0) is 16.6 Å². The molecule has 5 nitrogen and oxygen atoms in total. The van der Waals surface area contributed by atoms with E-state index in [2.05, 4.69) is 0 Å². The molecule has 1 aliphatic rings. The van der Waals surface area contributed by atoms with Crippen LogP contribution in [0.1, 0.15) is 5.56 Å². The number of nitrogens with zero attached hydrogens (tertiary/aromatic N) is 2. The monoisotopic (exact) mass is 352 g/mol. The van der Waals surface area contributed by atoms with Gasteiger partial charge in [0.2, 0.25) is 10.0 Å². The Bertz CT molecular complexity index is 659. The summed E-state index contributed by atoms with van der Waals surface area (Å²) in [6.07, 6.45) is -0.847. The maximum Gasteiger partial charge on any atom is 0.214 e. The van der Waals surface area contributed by atoms with Gasteiger partial charge in [-0.2, -0.15) is 0 Å². The molecule has 1 aromatic rings. The van der Waals surface area contributed by atoms with Gasteiger partial charge in [-0.05, 0) is 17.7 Å². The van der Waals surface area contributed by atoms with Crippen molar-refractivity contribution in [2.45, 2.75) is 12.6 Å². The molecule has 0 amide bonds. The molecule has 2 atom stereocenters. The van der Waals surface area contributed by atoms with E-state index in [1.807, 2.05) is 0 Å². The first-order valence-electron chi connectivity index (χ1n) is 7.04. The van der Waals surface area contributed by atoms with E-state index in [1.54, 1.807) is 4.90 Å². The normalized spacial score (nSPS) is 22.9. The number of hydrogen-bond donors (Lipinski definition) is 1. The van der Waals surface area contributed by atoms with E-state index in [9.17, 15) is 26.7 Å². The molecular formula is C14H19F3N2O3S. The molecule has 1 fully saturated rings. The number of halogens is 3. The second-order valence-corrected chi connectivity index (χ2v) is 8.18. The third kappa shape index (κ3) is 4.23. The summed E-state index contributed by atoms with van der Waals surface area (Å²) in [7, 11) is -0.622. The highest BCUT2D eigenvalue weighted by Gasteiger charge is 2.35. The Morgan fingerprint density at radius 1 is 1.22 bits per heavy atom. The van der Waals surface area contributed by atoms with Crippen LogP contribution < -0.4 is 0 Å². The lowest BCUT2D eigenvalue weighted by atomic mass is 10.1. The predicted octanol–water partition coefficient (Wildman–Crippen LogP) is 0.788. The minimum Gasteiger partial charge on any atom is -0.391 e. The zero-order valence-electron chi connectivity index (χ0n) is 12.8. The van der Waals surface area contributed by atoms with Crippen LogP contribution in [0.25, 0.3) is 0 Å². The molecule has 1 aliphatic heterocycles. The summed E-state index contributed by atoms with van der Waals surface area (Å²) in [5, 5.41) is 10.0. The highest BCUT2D eigenvalue weighted by Crippen LogP contribution is 2.23. The Morgan fingerprint density at radius 3 is 2.30 bits per heavy atom.